The van der Waals surface area contributed by atoms with E-state index >= 15 is 0 Å². The number of hydrogen-bond acceptors (Lipinski definition) is 8. The first-order valence-corrected chi connectivity index (χ1v) is 9.14. The minimum atomic E-state index is -1.29. The minimum absolute atomic E-state index is 0.00381. The zero-order valence-electron chi connectivity index (χ0n) is 16.6. The molecule has 0 atom stereocenters. The molecule has 1 aliphatic heterocycles. The van der Waals surface area contributed by atoms with Crippen molar-refractivity contribution in [2.45, 2.75) is 25.7 Å². The third kappa shape index (κ3) is 3.32. The fourth-order valence-corrected chi connectivity index (χ4v) is 3.79. The summed E-state index contributed by atoms with van der Waals surface area (Å²) in [6.07, 6.45) is 1.10. The van der Waals surface area contributed by atoms with Gasteiger partial charge in [0.05, 0.1) is 11.1 Å². The van der Waals surface area contributed by atoms with Gasteiger partial charge in [0.25, 0.3) is 0 Å². The van der Waals surface area contributed by atoms with Gasteiger partial charge in [0.2, 0.25) is 5.78 Å². The van der Waals surface area contributed by atoms with Crippen molar-refractivity contribution < 1.29 is 29.7 Å². The maximum absolute atomic E-state index is 12.0. The van der Waals surface area contributed by atoms with Gasteiger partial charge in [-0.1, -0.05) is 13.8 Å². The number of aliphatic carboxylic acids is 1. The van der Waals surface area contributed by atoms with Crippen molar-refractivity contribution in [1.29, 1.82) is 10.5 Å². The number of carbonyl (C=O) groups excluding carboxylic acids is 2. The van der Waals surface area contributed by atoms with E-state index in [1.54, 1.807) is 37.0 Å². The molecule has 2 aliphatic rings. The molecule has 0 aromatic heterocycles. The molecular weight excluding hydrogens is 402 g/mol. The maximum atomic E-state index is 12.0. The lowest BCUT2D eigenvalue weighted by atomic mass is 9.79. The molecule has 0 fully saturated rings. The van der Waals surface area contributed by atoms with E-state index in [0.29, 0.717) is 16.9 Å². The van der Waals surface area contributed by atoms with Crippen LogP contribution in [0.1, 0.15) is 36.2 Å². The summed E-state index contributed by atoms with van der Waals surface area (Å²) < 4.78 is 0. The van der Waals surface area contributed by atoms with Crippen molar-refractivity contribution in [2.24, 2.45) is 0 Å². The molecule has 0 amide bonds. The van der Waals surface area contributed by atoms with Gasteiger partial charge < -0.3 is 25.0 Å². The van der Waals surface area contributed by atoms with E-state index in [1.807, 2.05) is 0 Å². The standard InChI is InChI=1S/C22H17N3O6/c1-22(2)14-7-11(21(30)31)3-4-15(14)25(6-5-17(26)27)16(22)8-13-18(12(9-23)10-24)20(29)19(13)28/h3-4,7-8,28H,5-6H2,1-2H3,(H,26,27)(H,30,31)/p-1/b16-8-. The molecule has 0 unspecified atom stereocenters. The highest BCUT2D eigenvalue weighted by molar-refractivity contribution is 6.20. The molecular formula is C22H16N3O6-. The fourth-order valence-electron chi connectivity index (χ4n) is 3.79. The summed E-state index contributed by atoms with van der Waals surface area (Å²) in [5.74, 6) is -3.85. The van der Waals surface area contributed by atoms with Gasteiger partial charge in [0, 0.05) is 41.3 Å². The number of nitrogens with zero attached hydrogens (tertiary/aromatic N) is 3. The summed E-state index contributed by atoms with van der Waals surface area (Å²) in [6.45, 7) is 3.54. The first-order chi connectivity index (χ1) is 14.5. The monoisotopic (exact) mass is 418 g/mol. The molecule has 0 bridgehead atoms. The summed E-state index contributed by atoms with van der Waals surface area (Å²) in [7, 11) is 0. The predicted molar refractivity (Wildman–Crippen MR) is 104 cm³/mol. The molecule has 0 radical (unpaired) electrons. The zero-order valence-corrected chi connectivity index (χ0v) is 16.6. The molecule has 0 saturated heterocycles. The van der Waals surface area contributed by atoms with Gasteiger partial charge in [0.15, 0.2) is 5.76 Å². The van der Waals surface area contributed by atoms with Gasteiger partial charge in [-0.25, -0.2) is 4.79 Å². The number of benzene rings is 1. The van der Waals surface area contributed by atoms with E-state index in [2.05, 4.69) is 0 Å². The van der Waals surface area contributed by atoms with Crippen LogP contribution >= 0.6 is 0 Å². The van der Waals surface area contributed by atoms with Crippen LogP contribution in [-0.4, -0.2) is 34.5 Å². The fraction of sp³-hybridized carbons (Fsp3) is 0.227. The molecule has 2 N–H and O–H groups in total. The number of ketones is 1. The Kier molecular flexibility index (Phi) is 5.14. The molecule has 1 heterocycles. The van der Waals surface area contributed by atoms with Gasteiger partial charge in [-0.3, -0.25) is 4.79 Å². The van der Waals surface area contributed by atoms with Crippen LogP contribution < -0.4 is 10.0 Å². The lowest BCUT2D eigenvalue weighted by Crippen LogP contribution is -2.33. The normalized spacial score (nSPS) is 17.7. The SMILES string of the molecule is CC1(C)/C(=C/C2=C(O)C(=O)C2=C(C#N)C#N)N(CCC(=O)[O-])c2ccc(C(=O)O)cc21. The highest BCUT2D eigenvalue weighted by Crippen LogP contribution is 2.49. The van der Waals surface area contributed by atoms with Crippen molar-refractivity contribution in [2.75, 3.05) is 11.4 Å². The molecule has 1 aliphatic carbocycles. The van der Waals surface area contributed by atoms with Gasteiger partial charge in [0.1, 0.15) is 17.7 Å². The summed E-state index contributed by atoms with van der Waals surface area (Å²) in [4.78, 5) is 36.2. The summed E-state index contributed by atoms with van der Waals surface area (Å²) in [5, 5.41) is 48.7. The Morgan fingerprint density at radius 1 is 1.26 bits per heavy atom. The van der Waals surface area contributed by atoms with Crippen molar-refractivity contribution in [3.8, 4) is 12.1 Å². The summed E-state index contributed by atoms with van der Waals surface area (Å²) in [6, 6.07) is 7.69. The third-order valence-corrected chi connectivity index (χ3v) is 5.40. The van der Waals surface area contributed by atoms with Crippen LogP contribution in [0.5, 0.6) is 0 Å². The predicted octanol–water partition coefficient (Wildman–Crippen LogP) is 1.24. The van der Waals surface area contributed by atoms with Crippen LogP contribution in [0.3, 0.4) is 0 Å². The number of aliphatic hydroxyl groups excluding tert-OH is 1. The molecule has 1 aromatic rings. The van der Waals surface area contributed by atoms with Gasteiger partial charge >= 0.3 is 5.97 Å². The number of anilines is 1. The Morgan fingerprint density at radius 2 is 1.90 bits per heavy atom. The summed E-state index contributed by atoms with van der Waals surface area (Å²) in [5.41, 5.74) is 0.178. The van der Waals surface area contributed by atoms with E-state index in [1.165, 1.54) is 18.2 Å². The average molecular weight is 418 g/mol. The summed E-state index contributed by atoms with van der Waals surface area (Å²) >= 11 is 0. The number of hydrogen-bond donors (Lipinski definition) is 2. The van der Waals surface area contributed by atoms with Crippen LogP contribution in [0, 0.1) is 22.7 Å². The second kappa shape index (κ2) is 7.47. The highest BCUT2D eigenvalue weighted by Gasteiger charge is 2.43. The Bertz CT molecular complexity index is 1200. The highest BCUT2D eigenvalue weighted by atomic mass is 16.4. The molecule has 3 rings (SSSR count). The number of aliphatic hydroxyl groups is 1. The second-order valence-corrected chi connectivity index (χ2v) is 7.53. The van der Waals surface area contributed by atoms with Crippen LogP contribution in [0.25, 0.3) is 0 Å². The number of rotatable bonds is 5. The van der Waals surface area contributed by atoms with Crippen LogP contribution in [0.4, 0.5) is 5.69 Å². The van der Waals surface area contributed by atoms with Gasteiger partial charge in [-0.2, -0.15) is 10.5 Å². The topological polar surface area (TPSA) is 166 Å². The molecule has 156 valence electrons. The van der Waals surface area contributed by atoms with Gasteiger partial charge in [-0.15, -0.1) is 0 Å². The first-order valence-electron chi connectivity index (χ1n) is 9.14. The maximum Gasteiger partial charge on any atom is 0.335 e. The lowest BCUT2D eigenvalue weighted by Gasteiger charge is -2.29. The number of allylic oxidation sites excluding steroid dienone is 5. The zero-order chi connectivity index (χ0) is 23.1. The van der Waals surface area contributed by atoms with E-state index in [-0.39, 0.29) is 29.7 Å². The van der Waals surface area contributed by atoms with E-state index < -0.39 is 34.5 Å². The number of carboxylic acid groups (broad SMARTS) is 2. The van der Waals surface area contributed by atoms with E-state index in [4.69, 9.17) is 10.5 Å². The minimum Gasteiger partial charge on any atom is -0.550 e. The smallest absolute Gasteiger partial charge is 0.335 e. The lowest BCUT2D eigenvalue weighted by molar-refractivity contribution is -0.305. The Hall–Kier alpha value is -4.37. The van der Waals surface area contributed by atoms with Crippen molar-refractivity contribution in [1.82, 2.24) is 0 Å². The van der Waals surface area contributed by atoms with Crippen LogP contribution in [0.2, 0.25) is 0 Å². The van der Waals surface area contributed by atoms with Crippen LogP contribution in [-0.2, 0) is 15.0 Å². The van der Waals surface area contributed by atoms with Crippen molar-refractivity contribution in [3.63, 3.8) is 0 Å². The number of aromatic carboxylic acids is 1. The third-order valence-electron chi connectivity index (χ3n) is 5.40. The average Bonchev–Trinajstić information content (AvgIpc) is 2.94. The Morgan fingerprint density at radius 3 is 2.45 bits per heavy atom. The number of fused-ring (bicyclic) bond motifs is 1. The number of nitriles is 2. The first kappa shape index (κ1) is 21.3. The number of Topliss-reactive ketones (excluding diaryl/α,β-unsaturated/α-hetero) is 1. The molecule has 0 saturated carbocycles. The molecule has 0 spiro atoms. The van der Waals surface area contributed by atoms with E-state index in [9.17, 15) is 29.7 Å². The van der Waals surface area contributed by atoms with Crippen molar-refractivity contribution >= 4 is 23.4 Å². The largest absolute Gasteiger partial charge is 0.550 e. The molecule has 31 heavy (non-hydrogen) atoms. The molecule has 1 aromatic carbocycles. The van der Waals surface area contributed by atoms with Crippen LogP contribution in [0.15, 0.2) is 52.5 Å². The van der Waals surface area contributed by atoms with Gasteiger partial charge in [-0.05, 0) is 29.8 Å². The number of carboxylic acids is 2. The second-order valence-electron chi connectivity index (χ2n) is 7.53. The molecule has 9 heteroatoms. The van der Waals surface area contributed by atoms with E-state index in [0.717, 1.165) is 0 Å². The Balaban J connectivity index is 2.22. The number of carbonyl (C=O) groups is 3. The quantitative estimate of drug-likeness (QED) is 0.528. The van der Waals surface area contributed by atoms with Crippen molar-refractivity contribution in [3.05, 3.63) is 63.6 Å². The molecule has 9 nitrogen and oxygen atoms in total. The Labute approximate surface area is 177 Å².